The van der Waals surface area contributed by atoms with Crippen molar-refractivity contribution < 1.29 is 9.50 Å². The molecule has 0 bridgehead atoms. The summed E-state index contributed by atoms with van der Waals surface area (Å²) >= 11 is 0. The van der Waals surface area contributed by atoms with E-state index in [1.54, 1.807) is 19.1 Å². The molecule has 0 saturated heterocycles. The smallest absolute Gasteiger partial charge is 0.191 e. The van der Waals surface area contributed by atoms with E-state index in [1.807, 2.05) is 6.92 Å². The molecule has 4 nitrogen and oxygen atoms in total. The van der Waals surface area contributed by atoms with Gasteiger partial charge < -0.3 is 15.7 Å². The third-order valence-corrected chi connectivity index (χ3v) is 2.39. The predicted octanol–water partition coefficient (Wildman–Crippen LogP) is 1.18. The number of nitrogens with zero attached hydrogens (tertiary/aromatic N) is 1. The Morgan fingerprint density at radius 3 is 2.78 bits per heavy atom. The van der Waals surface area contributed by atoms with Crippen LogP contribution in [0.4, 0.5) is 4.39 Å². The van der Waals surface area contributed by atoms with Gasteiger partial charge in [-0.3, -0.25) is 0 Å². The van der Waals surface area contributed by atoms with E-state index < -0.39 is 0 Å². The number of nitrogens with one attached hydrogen (secondary N) is 2. The number of aliphatic imine (C=N–C) groups is 1. The zero-order valence-corrected chi connectivity index (χ0v) is 10.8. The van der Waals surface area contributed by atoms with Crippen LogP contribution in [0.2, 0.25) is 0 Å². The first-order chi connectivity index (χ1) is 8.67. The fourth-order valence-corrected chi connectivity index (χ4v) is 1.49. The molecule has 0 aliphatic carbocycles. The molecule has 0 heterocycles. The Labute approximate surface area is 107 Å². The normalized spacial score (nSPS) is 11.4. The zero-order valence-electron chi connectivity index (χ0n) is 10.8. The van der Waals surface area contributed by atoms with Gasteiger partial charge in [-0.1, -0.05) is 12.1 Å². The predicted molar refractivity (Wildman–Crippen MR) is 71.0 cm³/mol. The summed E-state index contributed by atoms with van der Waals surface area (Å²) in [7, 11) is 0. The first-order valence-corrected chi connectivity index (χ1v) is 6.05. The minimum Gasteiger partial charge on any atom is -0.395 e. The summed E-state index contributed by atoms with van der Waals surface area (Å²) in [6.07, 6.45) is 0. The number of guanidine groups is 1. The summed E-state index contributed by atoms with van der Waals surface area (Å²) in [6, 6.07) is 4.96. The van der Waals surface area contributed by atoms with Crippen LogP contribution >= 0.6 is 0 Å². The number of hydrogen-bond acceptors (Lipinski definition) is 2. The molecule has 0 aliphatic heterocycles. The van der Waals surface area contributed by atoms with Crippen LogP contribution in [0.1, 0.15) is 18.1 Å². The molecule has 18 heavy (non-hydrogen) atoms. The first-order valence-electron chi connectivity index (χ1n) is 6.05. The molecule has 0 aliphatic rings. The van der Waals surface area contributed by atoms with Crippen LogP contribution in [0.5, 0.6) is 0 Å². The Hall–Kier alpha value is -1.62. The average molecular weight is 253 g/mol. The minimum atomic E-state index is -0.201. The fraction of sp³-hybridized carbons (Fsp3) is 0.462. The van der Waals surface area contributed by atoms with Gasteiger partial charge in [0.15, 0.2) is 5.96 Å². The standard InChI is InChI=1S/C13H20FN3O/c1-3-15-13(16-6-7-18)17-9-11-4-5-12(14)10(2)8-11/h4-5,8,18H,3,6-7,9H2,1-2H3,(H2,15,16,17). The Morgan fingerprint density at radius 2 is 2.17 bits per heavy atom. The van der Waals surface area contributed by atoms with Gasteiger partial charge in [0.1, 0.15) is 5.82 Å². The van der Waals surface area contributed by atoms with E-state index in [2.05, 4.69) is 15.6 Å². The summed E-state index contributed by atoms with van der Waals surface area (Å²) in [5.74, 6) is 0.446. The highest BCUT2D eigenvalue weighted by Crippen LogP contribution is 2.09. The number of halogens is 1. The molecule has 0 atom stereocenters. The molecule has 0 amide bonds. The Balaban J connectivity index is 2.65. The number of aryl methyl sites for hydroxylation is 1. The first kappa shape index (κ1) is 14.4. The molecular weight excluding hydrogens is 233 g/mol. The number of hydrogen-bond donors (Lipinski definition) is 3. The van der Waals surface area contributed by atoms with Crippen LogP contribution in [-0.2, 0) is 6.54 Å². The second-order valence-corrected chi connectivity index (χ2v) is 3.93. The van der Waals surface area contributed by atoms with E-state index in [-0.39, 0.29) is 12.4 Å². The molecule has 0 fully saturated rings. The van der Waals surface area contributed by atoms with Crippen molar-refractivity contribution in [2.75, 3.05) is 19.7 Å². The molecule has 0 spiro atoms. The van der Waals surface area contributed by atoms with Crippen molar-refractivity contribution in [3.8, 4) is 0 Å². The lowest BCUT2D eigenvalue weighted by atomic mass is 10.1. The van der Waals surface area contributed by atoms with Crippen molar-refractivity contribution in [3.05, 3.63) is 35.1 Å². The molecule has 3 N–H and O–H groups in total. The fourth-order valence-electron chi connectivity index (χ4n) is 1.49. The van der Waals surface area contributed by atoms with Crippen LogP contribution in [-0.4, -0.2) is 30.8 Å². The number of aliphatic hydroxyl groups excluding tert-OH is 1. The second kappa shape index (κ2) is 7.66. The Morgan fingerprint density at radius 1 is 1.39 bits per heavy atom. The molecule has 0 saturated carbocycles. The van der Waals surface area contributed by atoms with Gasteiger partial charge in [-0.25, -0.2) is 9.38 Å². The lowest BCUT2D eigenvalue weighted by Crippen LogP contribution is -2.38. The van der Waals surface area contributed by atoms with Crippen molar-refractivity contribution in [1.29, 1.82) is 0 Å². The molecule has 100 valence electrons. The summed E-state index contributed by atoms with van der Waals surface area (Å²) < 4.78 is 13.1. The highest BCUT2D eigenvalue weighted by Gasteiger charge is 2.00. The molecule has 0 unspecified atom stereocenters. The van der Waals surface area contributed by atoms with Gasteiger partial charge in [0.25, 0.3) is 0 Å². The third-order valence-electron chi connectivity index (χ3n) is 2.39. The van der Waals surface area contributed by atoms with Crippen molar-refractivity contribution in [2.24, 2.45) is 4.99 Å². The van der Waals surface area contributed by atoms with Gasteiger partial charge in [-0.15, -0.1) is 0 Å². The van der Waals surface area contributed by atoms with Crippen molar-refractivity contribution in [3.63, 3.8) is 0 Å². The highest BCUT2D eigenvalue weighted by atomic mass is 19.1. The van der Waals surface area contributed by atoms with Crippen molar-refractivity contribution in [1.82, 2.24) is 10.6 Å². The molecule has 1 aromatic rings. The van der Waals surface area contributed by atoms with Crippen LogP contribution in [0.15, 0.2) is 23.2 Å². The Kier molecular flexibility index (Phi) is 6.14. The largest absolute Gasteiger partial charge is 0.395 e. The van der Waals surface area contributed by atoms with Gasteiger partial charge in [-0.05, 0) is 31.0 Å². The maximum Gasteiger partial charge on any atom is 0.191 e. The number of aliphatic hydroxyl groups is 1. The molecule has 0 radical (unpaired) electrons. The van der Waals surface area contributed by atoms with E-state index in [0.29, 0.717) is 24.6 Å². The van der Waals surface area contributed by atoms with Gasteiger partial charge in [0, 0.05) is 13.1 Å². The quantitative estimate of drug-likeness (QED) is 0.545. The lowest BCUT2D eigenvalue weighted by Gasteiger charge is -2.10. The second-order valence-electron chi connectivity index (χ2n) is 3.93. The summed E-state index contributed by atoms with van der Waals surface area (Å²) in [5.41, 5.74) is 1.58. The molecular formula is C13H20FN3O. The number of rotatable bonds is 5. The molecule has 1 rings (SSSR count). The van der Waals surface area contributed by atoms with Gasteiger partial charge in [-0.2, -0.15) is 0 Å². The van der Waals surface area contributed by atoms with Crippen molar-refractivity contribution in [2.45, 2.75) is 20.4 Å². The maximum atomic E-state index is 13.1. The summed E-state index contributed by atoms with van der Waals surface area (Å²) in [5, 5.41) is 14.8. The van der Waals surface area contributed by atoms with Crippen LogP contribution in [0, 0.1) is 12.7 Å². The third kappa shape index (κ3) is 4.71. The minimum absolute atomic E-state index is 0.0556. The lowest BCUT2D eigenvalue weighted by molar-refractivity contribution is 0.300. The topological polar surface area (TPSA) is 56.7 Å². The SMILES string of the molecule is CCNC(=NCc1ccc(F)c(C)c1)NCCO. The van der Waals surface area contributed by atoms with E-state index in [0.717, 1.165) is 12.1 Å². The van der Waals surface area contributed by atoms with E-state index >= 15 is 0 Å². The summed E-state index contributed by atoms with van der Waals surface area (Å²) in [6.45, 7) is 5.44. The van der Waals surface area contributed by atoms with Gasteiger partial charge in [0.05, 0.1) is 13.2 Å². The van der Waals surface area contributed by atoms with Gasteiger partial charge >= 0.3 is 0 Å². The van der Waals surface area contributed by atoms with Crippen LogP contribution in [0.3, 0.4) is 0 Å². The zero-order chi connectivity index (χ0) is 13.4. The number of benzene rings is 1. The monoisotopic (exact) mass is 253 g/mol. The molecule has 5 heteroatoms. The van der Waals surface area contributed by atoms with Crippen LogP contribution < -0.4 is 10.6 Å². The molecule has 0 aromatic heterocycles. The van der Waals surface area contributed by atoms with E-state index in [4.69, 9.17) is 5.11 Å². The molecule has 1 aromatic carbocycles. The van der Waals surface area contributed by atoms with Crippen LogP contribution in [0.25, 0.3) is 0 Å². The van der Waals surface area contributed by atoms with E-state index in [9.17, 15) is 4.39 Å². The van der Waals surface area contributed by atoms with E-state index in [1.165, 1.54) is 6.07 Å². The van der Waals surface area contributed by atoms with Gasteiger partial charge in [0.2, 0.25) is 0 Å². The Bertz CT molecular complexity index is 407. The highest BCUT2D eigenvalue weighted by molar-refractivity contribution is 5.79. The average Bonchev–Trinajstić information content (AvgIpc) is 2.37. The summed E-state index contributed by atoms with van der Waals surface area (Å²) in [4.78, 5) is 4.35. The maximum absolute atomic E-state index is 13.1. The van der Waals surface area contributed by atoms with Crippen molar-refractivity contribution >= 4 is 5.96 Å².